The first-order valence-corrected chi connectivity index (χ1v) is 7.25. The van der Waals surface area contributed by atoms with Crippen molar-refractivity contribution in [1.29, 1.82) is 0 Å². The smallest absolute Gasteiger partial charge is 0.231 e. The molecule has 3 aliphatic rings. The van der Waals surface area contributed by atoms with Crippen LogP contribution in [-0.4, -0.2) is 26.0 Å². The Bertz CT molecular complexity index is 516. The standard InChI is InChI=1S/C14H17NO3S/c19-14(11-2-1-6-15-11)12-9(5-7-18-14)3-4-10-13(12)17-8-16-10/h3-4,11,15,19H,1-2,5-8H2/t11-,14+/m0/s1. The Morgan fingerprint density at radius 1 is 1.32 bits per heavy atom. The Labute approximate surface area is 117 Å². The lowest BCUT2D eigenvalue weighted by molar-refractivity contribution is -0.0104. The van der Waals surface area contributed by atoms with Crippen molar-refractivity contribution in [3.63, 3.8) is 0 Å². The van der Waals surface area contributed by atoms with E-state index >= 15 is 0 Å². The van der Waals surface area contributed by atoms with Crippen molar-refractivity contribution >= 4 is 12.6 Å². The van der Waals surface area contributed by atoms with Crippen molar-refractivity contribution in [1.82, 2.24) is 5.32 Å². The van der Waals surface area contributed by atoms with Gasteiger partial charge in [-0.2, -0.15) is 0 Å². The Morgan fingerprint density at radius 2 is 2.26 bits per heavy atom. The molecule has 0 spiro atoms. The van der Waals surface area contributed by atoms with Gasteiger partial charge in [0.05, 0.1) is 6.61 Å². The van der Waals surface area contributed by atoms with Gasteiger partial charge < -0.3 is 19.5 Å². The molecule has 4 nitrogen and oxygen atoms in total. The highest BCUT2D eigenvalue weighted by atomic mass is 32.1. The van der Waals surface area contributed by atoms with Gasteiger partial charge in [0.15, 0.2) is 16.4 Å². The molecule has 3 aliphatic heterocycles. The van der Waals surface area contributed by atoms with Gasteiger partial charge in [-0.3, -0.25) is 0 Å². The van der Waals surface area contributed by atoms with E-state index in [0.717, 1.165) is 42.9 Å². The number of fused-ring (bicyclic) bond motifs is 3. The van der Waals surface area contributed by atoms with Crippen LogP contribution in [0, 0.1) is 0 Å². The van der Waals surface area contributed by atoms with E-state index in [2.05, 4.69) is 11.4 Å². The summed E-state index contributed by atoms with van der Waals surface area (Å²) in [7, 11) is 0. The summed E-state index contributed by atoms with van der Waals surface area (Å²) in [6.07, 6.45) is 3.15. The molecule has 19 heavy (non-hydrogen) atoms. The highest BCUT2D eigenvalue weighted by molar-refractivity contribution is 7.81. The van der Waals surface area contributed by atoms with E-state index < -0.39 is 4.93 Å². The van der Waals surface area contributed by atoms with Gasteiger partial charge in [-0.15, -0.1) is 12.6 Å². The number of hydrogen-bond acceptors (Lipinski definition) is 5. The molecule has 0 saturated carbocycles. The van der Waals surface area contributed by atoms with Crippen molar-refractivity contribution in [3.8, 4) is 11.5 Å². The third kappa shape index (κ3) is 1.68. The van der Waals surface area contributed by atoms with Crippen LogP contribution in [0.2, 0.25) is 0 Å². The van der Waals surface area contributed by atoms with E-state index in [1.54, 1.807) is 0 Å². The van der Waals surface area contributed by atoms with Gasteiger partial charge >= 0.3 is 0 Å². The molecule has 1 aromatic rings. The van der Waals surface area contributed by atoms with Gasteiger partial charge in [0, 0.05) is 11.6 Å². The number of nitrogens with one attached hydrogen (secondary N) is 1. The van der Waals surface area contributed by atoms with E-state index in [-0.39, 0.29) is 12.8 Å². The number of thiol groups is 1. The molecule has 2 atom stereocenters. The number of ether oxygens (including phenoxy) is 3. The third-order valence-electron chi connectivity index (χ3n) is 4.21. The van der Waals surface area contributed by atoms with Crippen LogP contribution < -0.4 is 14.8 Å². The van der Waals surface area contributed by atoms with Crippen molar-refractivity contribution in [2.24, 2.45) is 0 Å². The van der Waals surface area contributed by atoms with E-state index in [1.165, 1.54) is 5.56 Å². The average Bonchev–Trinajstić information content (AvgIpc) is 3.10. The summed E-state index contributed by atoms with van der Waals surface area (Å²) in [6, 6.07) is 4.33. The second kappa shape index (κ2) is 4.30. The molecule has 0 radical (unpaired) electrons. The first-order valence-electron chi connectivity index (χ1n) is 6.81. The molecule has 0 unspecified atom stereocenters. The molecule has 0 aromatic heterocycles. The van der Waals surface area contributed by atoms with E-state index in [0.29, 0.717) is 6.61 Å². The van der Waals surface area contributed by atoms with Gasteiger partial charge in [0.1, 0.15) is 0 Å². The van der Waals surface area contributed by atoms with Crippen molar-refractivity contribution in [3.05, 3.63) is 23.3 Å². The topological polar surface area (TPSA) is 39.7 Å². The van der Waals surface area contributed by atoms with E-state index in [1.807, 2.05) is 6.07 Å². The molecule has 0 bridgehead atoms. The van der Waals surface area contributed by atoms with Crippen LogP contribution in [0.5, 0.6) is 11.5 Å². The molecule has 5 heteroatoms. The fraction of sp³-hybridized carbons (Fsp3) is 0.571. The van der Waals surface area contributed by atoms with Crippen LogP contribution in [0.25, 0.3) is 0 Å². The van der Waals surface area contributed by atoms with Crippen molar-refractivity contribution < 1.29 is 14.2 Å². The molecule has 1 aromatic carbocycles. The molecule has 0 aliphatic carbocycles. The lowest BCUT2D eigenvalue weighted by Crippen LogP contribution is -2.46. The normalized spacial score (nSPS) is 32.4. The molecule has 0 amide bonds. The summed E-state index contributed by atoms with van der Waals surface area (Å²) in [4.78, 5) is -0.608. The molecule has 4 rings (SSSR count). The number of benzene rings is 1. The van der Waals surface area contributed by atoms with Crippen LogP contribution >= 0.6 is 12.6 Å². The molecule has 102 valence electrons. The maximum Gasteiger partial charge on any atom is 0.231 e. The Kier molecular flexibility index (Phi) is 2.69. The SMILES string of the molecule is S[C@@]1([C@@H]2CCCN2)OCCc2ccc3c(c21)OCO3. The maximum absolute atomic E-state index is 6.07. The molecule has 3 heterocycles. The fourth-order valence-corrected chi connectivity index (χ4v) is 3.85. The lowest BCUT2D eigenvalue weighted by Gasteiger charge is -2.40. The molecule has 1 N–H and O–H groups in total. The summed E-state index contributed by atoms with van der Waals surface area (Å²) >= 11 is 4.90. The summed E-state index contributed by atoms with van der Waals surface area (Å²) in [6.45, 7) is 2.01. The van der Waals surface area contributed by atoms with Gasteiger partial charge in [-0.25, -0.2) is 0 Å². The minimum atomic E-state index is -0.608. The highest BCUT2D eigenvalue weighted by Crippen LogP contribution is 2.50. The molecule has 1 saturated heterocycles. The van der Waals surface area contributed by atoms with Gasteiger partial charge in [0.2, 0.25) is 6.79 Å². The minimum absolute atomic E-state index is 0.227. The molecular weight excluding hydrogens is 262 g/mol. The molecule has 1 fully saturated rings. The number of rotatable bonds is 1. The highest BCUT2D eigenvalue weighted by Gasteiger charge is 2.46. The number of hydrogen-bond donors (Lipinski definition) is 2. The van der Waals surface area contributed by atoms with Crippen LogP contribution in [0.15, 0.2) is 12.1 Å². The molecular formula is C14H17NO3S. The second-order valence-corrected chi connectivity index (χ2v) is 5.94. The predicted molar refractivity (Wildman–Crippen MR) is 73.9 cm³/mol. The first-order chi connectivity index (χ1) is 9.29. The lowest BCUT2D eigenvalue weighted by atomic mass is 9.90. The third-order valence-corrected chi connectivity index (χ3v) is 4.87. The zero-order chi connectivity index (χ0) is 12.9. The van der Waals surface area contributed by atoms with Crippen molar-refractivity contribution in [2.75, 3.05) is 19.9 Å². The minimum Gasteiger partial charge on any atom is -0.454 e. The monoisotopic (exact) mass is 279 g/mol. The first kappa shape index (κ1) is 11.9. The zero-order valence-corrected chi connectivity index (χ0v) is 11.5. The van der Waals surface area contributed by atoms with Gasteiger partial charge in [-0.05, 0) is 37.4 Å². The maximum atomic E-state index is 6.07. The zero-order valence-electron chi connectivity index (χ0n) is 10.6. The van der Waals surface area contributed by atoms with E-state index in [9.17, 15) is 0 Å². The van der Waals surface area contributed by atoms with Crippen LogP contribution in [0.4, 0.5) is 0 Å². The van der Waals surface area contributed by atoms with Gasteiger partial charge in [-0.1, -0.05) is 6.07 Å². The Morgan fingerprint density at radius 3 is 3.11 bits per heavy atom. The second-order valence-electron chi connectivity index (χ2n) is 5.28. The van der Waals surface area contributed by atoms with Crippen molar-refractivity contribution in [2.45, 2.75) is 30.2 Å². The van der Waals surface area contributed by atoms with E-state index in [4.69, 9.17) is 26.8 Å². The van der Waals surface area contributed by atoms with Gasteiger partial charge in [0.25, 0.3) is 0 Å². The predicted octanol–water partition coefficient (Wildman–Crippen LogP) is 1.82. The quantitative estimate of drug-likeness (QED) is 0.769. The summed E-state index contributed by atoms with van der Waals surface area (Å²) in [5.74, 6) is 1.63. The Hall–Kier alpha value is -0.910. The van der Waals surface area contributed by atoms with Crippen LogP contribution in [0.1, 0.15) is 24.0 Å². The summed E-state index contributed by atoms with van der Waals surface area (Å²) in [5, 5.41) is 3.50. The average molecular weight is 279 g/mol. The van der Waals surface area contributed by atoms with Crippen LogP contribution in [0.3, 0.4) is 0 Å². The fourth-order valence-electron chi connectivity index (χ4n) is 3.30. The summed E-state index contributed by atoms with van der Waals surface area (Å²) < 4.78 is 17.2. The largest absolute Gasteiger partial charge is 0.454 e. The summed E-state index contributed by atoms with van der Waals surface area (Å²) in [5.41, 5.74) is 2.33. The Balaban J connectivity index is 1.87. The van der Waals surface area contributed by atoms with Crippen LogP contribution in [-0.2, 0) is 16.1 Å².